The van der Waals surface area contributed by atoms with E-state index >= 15 is 0 Å². The van der Waals surface area contributed by atoms with Gasteiger partial charge in [-0.2, -0.15) is 0 Å². The van der Waals surface area contributed by atoms with Gasteiger partial charge >= 0.3 is 6.03 Å². The Morgan fingerprint density at radius 2 is 1.74 bits per heavy atom. The number of aliphatic hydroxyl groups excluding tert-OH is 1. The quantitative estimate of drug-likeness (QED) is 0.391. The molecule has 3 aliphatic rings. The third kappa shape index (κ3) is 5.98. The van der Waals surface area contributed by atoms with Crippen LogP contribution in [0.15, 0.2) is 0 Å². The first kappa shape index (κ1) is 27.4. The number of nitrogens with one attached hydrogen (secondary N) is 3. The van der Waals surface area contributed by atoms with Crippen LogP contribution in [0.5, 0.6) is 0 Å². The van der Waals surface area contributed by atoms with Gasteiger partial charge < -0.3 is 26.0 Å². The Hall–Kier alpha value is -2.16. The maximum atomic E-state index is 13.6. The van der Waals surface area contributed by atoms with Crippen molar-refractivity contribution in [2.45, 2.75) is 110 Å². The van der Waals surface area contributed by atoms with Crippen LogP contribution in [-0.4, -0.2) is 69.9 Å². The van der Waals surface area contributed by atoms with E-state index in [4.69, 9.17) is 0 Å². The Morgan fingerprint density at radius 1 is 1.11 bits per heavy atom. The van der Waals surface area contributed by atoms with Crippen LogP contribution in [0, 0.1) is 23.2 Å². The molecular weight excluding hydrogens is 448 g/mol. The molecule has 2 aliphatic carbocycles. The summed E-state index contributed by atoms with van der Waals surface area (Å²) in [6.07, 6.45) is 2.87. The van der Waals surface area contributed by atoms with Crippen LogP contribution < -0.4 is 16.0 Å². The summed E-state index contributed by atoms with van der Waals surface area (Å²) in [6.45, 7) is 13.4. The molecule has 3 rings (SSSR count). The second-order valence-electron chi connectivity index (χ2n) is 12.4. The number of carbonyl (C=O) groups is 4. The van der Waals surface area contributed by atoms with Gasteiger partial charge in [0.15, 0.2) is 5.78 Å². The highest BCUT2D eigenvalue weighted by molar-refractivity contribution is 5.94. The van der Waals surface area contributed by atoms with Gasteiger partial charge in [-0.05, 0) is 63.7 Å². The van der Waals surface area contributed by atoms with Crippen LogP contribution in [0.25, 0.3) is 0 Å². The summed E-state index contributed by atoms with van der Waals surface area (Å²) in [4.78, 5) is 53.1. The number of ketones is 1. The highest BCUT2D eigenvalue weighted by Crippen LogP contribution is 2.65. The third-order valence-corrected chi connectivity index (χ3v) is 8.20. The average molecular weight is 493 g/mol. The average Bonchev–Trinajstić information content (AvgIpc) is 3.06. The molecule has 4 N–H and O–H groups in total. The fourth-order valence-corrected chi connectivity index (χ4v) is 5.79. The molecule has 0 aromatic heterocycles. The summed E-state index contributed by atoms with van der Waals surface area (Å²) >= 11 is 0. The molecule has 0 radical (unpaired) electrons. The number of nitrogens with zero attached hydrogens (tertiary/aromatic N) is 1. The van der Waals surface area contributed by atoms with Gasteiger partial charge in [0.25, 0.3) is 0 Å². The number of aliphatic hydroxyl groups is 1. The number of Topliss-reactive ketones (excluding diaryl/α,β-unsaturated/α-hetero) is 1. The van der Waals surface area contributed by atoms with Crippen molar-refractivity contribution in [1.82, 2.24) is 20.9 Å². The van der Waals surface area contributed by atoms with E-state index in [0.717, 1.165) is 19.3 Å². The van der Waals surface area contributed by atoms with Crippen LogP contribution in [0.4, 0.5) is 4.79 Å². The second kappa shape index (κ2) is 10.1. The minimum Gasteiger partial charge on any atom is -0.383 e. The van der Waals surface area contributed by atoms with Crippen molar-refractivity contribution >= 4 is 23.6 Å². The Balaban J connectivity index is 1.75. The van der Waals surface area contributed by atoms with E-state index in [0.29, 0.717) is 25.3 Å². The predicted molar refractivity (Wildman–Crippen MR) is 132 cm³/mol. The zero-order valence-electron chi connectivity index (χ0n) is 22.3. The van der Waals surface area contributed by atoms with E-state index in [9.17, 15) is 24.3 Å². The van der Waals surface area contributed by atoms with Crippen molar-refractivity contribution in [3.8, 4) is 0 Å². The van der Waals surface area contributed by atoms with Gasteiger partial charge in [-0.3, -0.25) is 14.4 Å². The first-order chi connectivity index (χ1) is 16.2. The first-order valence-corrected chi connectivity index (χ1v) is 13.1. The highest BCUT2D eigenvalue weighted by atomic mass is 16.3. The maximum absolute atomic E-state index is 13.6. The van der Waals surface area contributed by atoms with E-state index in [-0.39, 0.29) is 34.8 Å². The zero-order chi connectivity index (χ0) is 26.3. The third-order valence-electron chi connectivity index (χ3n) is 8.20. The van der Waals surface area contributed by atoms with Crippen LogP contribution in [0.2, 0.25) is 0 Å². The first-order valence-electron chi connectivity index (χ1n) is 13.1. The van der Waals surface area contributed by atoms with E-state index in [1.54, 1.807) is 4.90 Å². The number of carbonyl (C=O) groups excluding carboxylic acids is 4. The molecule has 198 valence electrons. The van der Waals surface area contributed by atoms with Crippen LogP contribution >= 0.6 is 0 Å². The lowest BCUT2D eigenvalue weighted by molar-refractivity contribution is -0.143. The fraction of sp³-hybridized carbons (Fsp3) is 0.846. The molecule has 35 heavy (non-hydrogen) atoms. The highest BCUT2D eigenvalue weighted by Gasteiger charge is 2.69. The van der Waals surface area contributed by atoms with Gasteiger partial charge in [-0.15, -0.1) is 0 Å². The minimum atomic E-state index is -1.26. The van der Waals surface area contributed by atoms with Gasteiger partial charge in [0.1, 0.15) is 18.2 Å². The van der Waals surface area contributed by atoms with Gasteiger partial charge in [0, 0.05) is 12.1 Å². The van der Waals surface area contributed by atoms with Crippen molar-refractivity contribution in [2.24, 2.45) is 23.2 Å². The van der Waals surface area contributed by atoms with Gasteiger partial charge in [-0.1, -0.05) is 40.0 Å². The van der Waals surface area contributed by atoms with E-state index in [1.807, 2.05) is 27.7 Å². The molecule has 1 heterocycles. The number of rotatable bonds is 9. The van der Waals surface area contributed by atoms with Gasteiger partial charge in [0.2, 0.25) is 11.8 Å². The standard InChI is InChI=1S/C26H44N4O5/c1-8-17(28-24(35)29-25(3,4)5)23(34)30-13-16-19(26(16,6)7)20(30)22(33)27-18(21(32)14(2)31)12-15-10-9-11-15/h15-21,32H,8-13H2,1-7H3,(H,27,33)(H2,28,29,35)/t16?,17-,18?,19?,20-,21?/m0/s1. The topological polar surface area (TPSA) is 128 Å². The summed E-state index contributed by atoms with van der Waals surface area (Å²) in [5, 5.41) is 19.0. The number of piperidine rings is 1. The molecule has 0 spiro atoms. The second-order valence-corrected chi connectivity index (χ2v) is 12.4. The molecule has 1 aliphatic heterocycles. The molecule has 0 aromatic rings. The van der Waals surface area contributed by atoms with Crippen molar-refractivity contribution in [2.75, 3.05) is 6.54 Å². The monoisotopic (exact) mass is 492 g/mol. The van der Waals surface area contributed by atoms with Gasteiger partial charge in [0.05, 0.1) is 6.04 Å². The molecule has 3 fully saturated rings. The molecule has 1 saturated heterocycles. The largest absolute Gasteiger partial charge is 0.383 e. The summed E-state index contributed by atoms with van der Waals surface area (Å²) < 4.78 is 0. The molecule has 6 atom stereocenters. The van der Waals surface area contributed by atoms with Gasteiger partial charge in [-0.25, -0.2) is 4.79 Å². The fourth-order valence-electron chi connectivity index (χ4n) is 5.79. The lowest BCUT2D eigenvalue weighted by Crippen LogP contribution is -2.59. The smallest absolute Gasteiger partial charge is 0.315 e. The molecule has 9 heteroatoms. The van der Waals surface area contributed by atoms with E-state index in [1.165, 1.54) is 6.92 Å². The number of fused-ring (bicyclic) bond motifs is 1. The van der Waals surface area contributed by atoms with Crippen molar-refractivity contribution in [3.05, 3.63) is 0 Å². The molecule has 4 unspecified atom stereocenters. The minimum absolute atomic E-state index is 0.00572. The molecular formula is C26H44N4O5. The number of urea groups is 1. The van der Waals surface area contributed by atoms with E-state index in [2.05, 4.69) is 29.8 Å². The Labute approximate surface area is 209 Å². The summed E-state index contributed by atoms with van der Waals surface area (Å²) in [7, 11) is 0. The number of amides is 4. The van der Waals surface area contributed by atoms with Crippen LogP contribution in [-0.2, 0) is 14.4 Å². The van der Waals surface area contributed by atoms with Crippen molar-refractivity contribution in [1.29, 1.82) is 0 Å². The lowest BCUT2D eigenvalue weighted by Gasteiger charge is -2.36. The Kier molecular flexibility index (Phi) is 7.89. The number of likely N-dealkylation sites (tertiary alicyclic amines) is 1. The summed E-state index contributed by atoms with van der Waals surface area (Å²) in [6, 6.07) is -2.52. The summed E-state index contributed by atoms with van der Waals surface area (Å²) in [5.41, 5.74) is -0.514. The van der Waals surface area contributed by atoms with Crippen LogP contribution in [0.3, 0.4) is 0 Å². The molecule has 0 aromatic carbocycles. The predicted octanol–water partition coefficient (Wildman–Crippen LogP) is 1.97. The van der Waals surface area contributed by atoms with Crippen molar-refractivity contribution in [3.63, 3.8) is 0 Å². The number of hydrogen-bond acceptors (Lipinski definition) is 5. The molecule has 9 nitrogen and oxygen atoms in total. The lowest BCUT2D eigenvalue weighted by atomic mass is 9.79. The van der Waals surface area contributed by atoms with Crippen LogP contribution in [0.1, 0.15) is 80.6 Å². The number of hydrogen-bond donors (Lipinski definition) is 4. The molecule has 0 bridgehead atoms. The summed E-state index contributed by atoms with van der Waals surface area (Å²) in [5.74, 6) is -0.385. The normalized spacial score (nSPS) is 27.7. The Morgan fingerprint density at radius 3 is 2.23 bits per heavy atom. The van der Waals surface area contributed by atoms with Crippen molar-refractivity contribution < 1.29 is 24.3 Å². The maximum Gasteiger partial charge on any atom is 0.315 e. The SMILES string of the molecule is CC[C@H](NC(=O)NC(C)(C)C)C(=O)N1CC2C([C@H]1C(=O)NC(CC1CCC1)C(O)C(C)=O)C2(C)C. The van der Waals surface area contributed by atoms with E-state index < -0.39 is 35.8 Å². The Bertz CT molecular complexity index is 847. The molecule has 2 saturated carbocycles. The zero-order valence-corrected chi connectivity index (χ0v) is 22.3. The molecule has 4 amide bonds.